The lowest BCUT2D eigenvalue weighted by molar-refractivity contribution is 0.0954. The van der Waals surface area contributed by atoms with Crippen LogP contribution in [0.3, 0.4) is 0 Å². The van der Waals surface area contributed by atoms with Gasteiger partial charge in [-0.1, -0.05) is 30.3 Å². The fourth-order valence-electron chi connectivity index (χ4n) is 2.67. The molecule has 140 valence electrons. The number of aromatic nitrogens is 2. The lowest BCUT2D eigenvalue weighted by Crippen LogP contribution is -2.21. The van der Waals surface area contributed by atoms with Crippen molar-refractivity contribution in [2.45, 2.75) is 6.54 Å². The monoisotopic (exact) mass is 394 g/mol. The average Bonchev–Trinajstić information content (AvgIpc) is 3.29. The molecule has 0 radical (unpaired) electrons. The second-order valence-electron chi connectivity index (χ2n) is 6.05. The van der Waals surface area contributed by atoms with Crippen LogP contribution in [0, 0.1) is 5.82 Å². The Balaban J connectivity index is 1.48. The van der Waals surface area contributed by atoms with E-state index in [1.807, 2.05) is 30.3 Å². The minimum absolute atomic E-state index is 0.200. The Morgan fingerprint density at radius 1 is 1.04 bits per heavy atom. The zero-order valence-corrected chi connectivity index (χ0v) is 15.3. The second kappa shape index (κ2) is 7.61. The Morgan fingerprint density at radius 3 is 2.54 bits per heavy atom. The number of H-pyrrole nitrogens is 1. The molecular weight excluding hydrogens is 379 g/mol. The number of carbonyl (C=O) groups is 2. The first kappa shape index (κ1) is 17.9. The Kier molecular flexibility index (Phi) is 4.86. The molecule has 0 bridgehead atoms. The van der Waals surface area contributed by atoms with Crippen molar-refractivity contribution < 1.29 is 14.0 Å². The third-order valence-electron chi connectivity index (χ3n) is 4.11. The van der Waals surface area contributed by atoms with E-state index in [4.69, 9.17) is 0 Å². The zero-order chi connectivity index (χ0) is 19.5. The van der Waals surface area contributed by atoms with Crippen LogP contribution in [0.5, 0.6) is 0 Å². The largest absolute Gasteiger partial charge is 0.347 e. The molecule has 2 aromatic heterocycles. The van der Waals surface area contributed by atoms with Gasteiger partial charge in [0.25, 0.3) is 11.8 Å². The summed E-state index contributed by atoms with van der Waals surface area (Å²) in [5.41, 5.74) is 1.32. The van der Waals surface area contributed by atoms with Crippen LogP contribution in [-0.4, -0.2) is 22.0 Å². The van der Waals surface area contributed by atoms with Crippen molar-refractivity contribution in [3.8, 4) is 0 Å². The van der Waals surface area contributed by atoms with Gasteiger partial charge in [0, 0.05) is 12.1 Å². The van der Waals surface area contributed by atoms with Crippen LogP contribution in [0.4, 0.5) is 10.2 Å². The Hall–Kier alpha value is -3.52. The van der Waals surface area contributed by atoms with Crippen molar-refractivity contribution in [1.29, 1.82) is 0 Å². The maximum absolute atomic E-state index is 13.0. The fraction of sp³-hybridized carbons (Fsp3) is 0.0500. The number of nitrogens with one attached hydrogen (secondary N) is 3. The first-order valence-corrected chi connectivity index (χ1v) is 9.29. The van der Waals surface area contributed by atoms with E-state index in [0.717, 1.165) is 5.56 Å². The van der Waals surface area contributed by atoms with Crippen LogP contribution in [-0.2, 0) is 6.54 Å². The highest BCUT2D eigenvalue weighted by Gasteiger charge is 2.17. The summed E-state index contributed by atoms with van der Waals surface area (Å²) in [6, 6.07) is 16.5. The molecule has 4 aromatic rings. The van der Waals surface area contributed by atoms with Gasteiger partial charge in [-0.15, -0.1) is 11.3 Å². The van der Waals surface area contributed by atoms with E-state index in [1.54, 1.807) is 6.07 Å². The number of hydrogen-bond acceptors (Lipinski definition) is 4. The number of amides is 2. The number of aromatic amines is 1. The summed E-state index contributed by atoms with van der Waals surface area (Å²) in [4.78, 5) is 25.9. The molecule has 28 heavy (non-hydrogen) atoms. The number of fused-ring (bicyclic) bond motifs is 1. The quantitative estimate of drug-likeness (QED) is 0.479. The van der Waals surface area contributed by atoms with Gasteiger partial charge in [0.2, 0.25) is 0 Å². The highest BCUT2D eigenvalue weighted by molar-refractivity contribution is 7.20. The SMILES string of the molecule is O=C(Nc1n[nH]c2sc(C(=O)NCc3ccccc3)cc12)c1ccc(F)cc1. The number of halogens is 1. The molecule has 0 aliphatic carbocycles. The van der Waals surface area contributed by atoms with Crippen molar-refractivity contribution in [3.05, 3.63) is 82.5 Å². The number of benzene rings is 2. The Labute approximate surface area is 163 Å². The van der Waals surface area contributed by atoms with Crippen LogP contribution in [0.25, 0.3) is 10.2 Å². The molecule has 0 spiro atoms. The molecule has 3 N–H and O–H groups in total. The van der Waals surface area contributed by atoms with Crippen molar-refractivity contribution >= 4 is 39.2 Å². The second-order valence-corrected chi connectivity index (χ2v) is 7.11. The molecule has 0 saturated carbocycles. The molecule has 8 heteroatoms. The molecule has 2 amide bonds. The number of anilines is 1. The molecule has 0 atom stereocenters. The number of thiophene rings is 1. The molecule has 2 heterocycles. The van der Waals surface area contributed by atoms with E-state index in [0.29, 0.717) is 33.0 Å². The number of rotatable bonds is 5. The highest BCUT2D eigenvalue weighted by Crippen LogP contribution is 2.29. The van der Waals surface area contributed by atoms with Gasteiger partial charge < -0.3 is 10.6 Å². The molecule has 0 unspecified atom stereocenters. The van der Waals surface area contributed by atoms with Crippen LogP contribution in [0.2, 0.25) is 0 Å². The lowest BCUT2D eigenvalue weighted by atomic mass is 10.2. The van der Waals surface area contributed by atoms with Gasteiger partial charge in [-0.2, -0.15) is 5.10 Å². The van der Waals surface area contributed by atoms with Gasteiger partial charge >= 0.3 is 0 Å². The summed E-state index contributed by atoms with van der Waals surface area (Å²) in [5, 5.41) is 13.1. The third-order valence-corrected chi connectivity index (χ3v) is 5.15. The smallest absolute Gasteiger partial charge is 0.261 e. The van der Waals surface area contributed by atoms with Crippen LogP contribution in [0.1, 0.15) is 25.6 Å². The Morgan fingerprint density at radius 2 is 1.79 bits per heavy atom. The normalized spacial score (nSPS) is 10.8. The maximum atomic E-state index is 13.0. The Bertz CT molecular complexity index is 1140. The average molecular weight is 394 g/mol. The van der Waals surface area contributed by atoms with E-state index >= 15 is 0 Å². The van der Waals surface area contributed by atoms with E-state index < -0.39 is 11.7 Å². The summed E-state index contributed by atoms with van der Waals surface area (Å²) in [6.07, 6.45) is 0. The topological polar surface area (TPSA) is 86.9 Å². The van der Waals surface area contributed by atoms with Crippen molar-refractivity contribution in [2.24, 2.45) is 0 Å². The van der Waals surface area contributed by atoms with E-state index in [9.17, 15) is 14.0 Å². The molecule has 0 saturated heterocycles. The summed E-state index contributed by atoms with van der Waals surface area (Å²) in [6.45, 7) is 0.428. The van der Waals surface area contributed by atoms with Crippen LogP contribution in [0.15, 0.2) is 60.7 Å². The zero-order valence-electron chi connectivity index (χ0n) is 14.5. The van der Waals surface area contributed by atoms with Gasteiger partial charge in [0.15, 0.2) is 5.82 Å². The van der Waals surface area contributed by atoms with Gasteiger partial charge in [0.1, 0.15) is 10.6 Å². The third kappa shape index (κ3) is 3.77. The number of carbonyl (C=O) groups excluding carboxylic acids is 2. The minimum Gasteiger partial charge on any atom is -0.347 e. The van der Waals surface area contributed by atoms with Crippen molar-refractivity contribution in [3.63, 3.8) is 0 Å². The highest BCUT2D eigenvalue weighted by atomic mass is 32.1. The lowest BCUT2D eigenvalue weighted by Gasteiger charge is -2.03. The number of nitrogens with zero attached hydrogens (tertiary/aromatic N) is 1. The molecule has 0 aliphatic heterocycles. The molecule has 2 aromatic carbocycles. The number of hydrogen-bond donors (Lipinski definition) is 3. The molecule has 0 aliphatic rings. The standard InChI is InChI=1S/C20H15FN4O2S/c21-14-8-6-13(7-9-14)18(26)23-17-15-10-16(28-20(15)25-24-17)19(27)22-11-12-4-2-1-3-5-12/h1-10H,11H2,(H,22,27)(H2,23,24,25,26). The predicted octanol–water partition coefficient (Wildman–Crippen LogP) is 3.95. The van der Waals surface area contributed by atoms with Gasteiger partial charge in [-0.25, -0.2) is 4.39 Å². The van der Waals surface area contributed by atoms with Gasteiger partial charge in [-0.05, 0) is 35.9 Å². The van der Waals surface area contributed by atoms with Crippen molar-refractivity contribution in [2.75, 3.05) is 5.32 Å². The fourth-order valence-corrected chi connectivity index (χ4v) is 3.59. The molecule has 4 rings (SSSR count). The molecule has 0 fully saturated rings. The van der Waals surface area contributed by atoms with E-state index in [1.165, 1.54) is 35.6 Å². The maximum Gasteiger partial charge on any atom is 0.261 e. The summed E-state index contributed by atoms with van der Waals surface area (Å²) < 4.78 is 13.0. The molecule has 6 nitrogen and oxygen atoms in total. The van der Waals surface area contributed by atoms with Crippen LogP contribution < -0.4 is 10.6 Å². The van der Waals surface area contributed by atoms with Crippen LogP contribution >= 0.6 is 11.3 Å². The first-order chi connectivity index (χ1) is 13.6. The molecular formula is C20H15FN4O2S. The van der Waals surface area contributed by atoms with Gasteiger partial charge in [0.05, 0.1) is 10.3 Å². The van der Waals surface area contributed by atoms with Crippen molar-refractivity contribution in [1.82, 2.24) is 15.5 Å². The summed E-state index contributed by atoms with van der Waals surface area (Å²) >= 11 is 1.26. The van der Waals surface area contributed by atoms with E-state index in [2.05, 4.69) is 20.8 Å². The van der Waals surface area contributed by atoms with E-state index in [-0.39, 0.29) is 5.91 Å². The predicted molar refractivity (Wildman–Crippen MR) is 106 cm³/mol. The summed E-state index contributed by atoms with van der Waals surface area (Å²) in [5.74, 6) is -0.700. The minimum atomic E-state index is -0.414. The first-order valence-electron chi connectivity index (χ1n) is 8.47. The van der Waals surface area contributed by atoms with Gasteiger partial charge in [-0.3, -0.25) is 14.7 Å². The summed E-state index contributed by atoms with van der Waals surface area (Å²) in [7, 11) is 0.